The summed E-state index contributed by atoms with van der Waals surface area (Å²) in [6.07, 6.45) is 8.95. The Morgan fingerprint density at radius 2 is 2.07 bits per heavy atom. The third-order valence-corrected chi connectivity index (χ3v) is 4.59. The Morgan fingerprint density at radius 1 is 1.31 bits per heavy atom. The van der Waals surface area contributed by atoms with Crippen LogP contribution < -0.4 is 16.2 Å². The number of para-hydroxylation sites is 1. The van der Waals surface area contributed by atoms with Crippen LogP contribution in [0.2, 0.25) is 0 Å². The zero-order valence-corrected chi connectivity index (χ0v) is 18.0. The minimum absolute atomic E-state index is 0. The van der Waals surface area contributed by atoms with Crippen molar-refractivity contribution in [3.8, 4) is 5.75 Å². The first-order chi connectivity index (χ1) is 13.5. The minimum Gasteiger partial charge on any atom is -0.496 e. The summed E-state index contributed by atoms with van der Waals surface area (Å²) in [5.74, 6) is 0.856. The van der Waals surface area contributed by atoms with E-state index in [0.717, 1.165) is 34.7 Å². The highest BCUT2D eigenvalue weighted by Crippen LogP contribution is 2.26. The number of aromatic nitrogens is 2. The Kier molecular flexibility index (Phi) is 7.61. The van der Waals surface area contributed by atoms with Gasteiger partial charge in [-0.25, -0.2) is 0 Å². The molecule has 0 bridgehead atoms. The average molecular weight is 397 g/mol. The van der Waals surface area contributed by atoms with Crippen molar-refractivity contribution in [3.63, 3.8) is 0 Å². The van der Waals surface area contributed by atoms with Crippen molar-refractivity contribution in [2.24, 2.45) is 12.1 Å². The normalized spacial score (nSPS) is 15.5. The Hall–Kier alpha value is -3.06. The van der Waals surface area contributed by atoms with Gasteiger partial charge in [0.05, 0.1) is 24.7 Å². The van der Waals surface area contributed by atoms with Crippen LogP contribution in [-0.2, 0) is 13.6 Å². The van der Waals surface area contributed by atoms with Gasteiger partial charge in [0.1, 0.15) is 5.75 Å². The van der Waals surface area contributed by atoms with Crippen LogP contribution in [0.3, 0.4) is 0 Å². The van der Waals surface area contributed by atoms with Crippen LogP contribution in [0, 0.1) is 0 Å². The fourth-order valence-electron chi connectivity index (χ4n) is 3.24. The van der Waals surface area contributed by atoms with Crippen LogP contribution in [0.4, 0.5) is 0 Å². The maximum Gasteiger partial charge on any atom is 0.126 e. The average Bonchev–Trinajstić information content (AvgIpc) is 3.27. The fourth-order valence-corrected chi connectivity index (χ4v) is 3.24. The number of rotatable bonds is 7. The zero-order chi connectivity index (χ0) is 20.1. The molecule has 0 unspecified atom stereocenters. The Morgan fingerprint density at radius 3 is 2.72 bits per heavy atom. The first-order valence-corrected chi connectivity index (χ1v) is 9.57. The number of methoxy groups -OCH3 is 1. The Balaban J connectivity index is 0.00000300. The Labute approximate surface area is 173 Å². The predicted molar refractivity (Wildman–Crippen MR) is 119 cm³/mol. The van der Waals surface area contributed by atoms with Gasteiger partial charge in [-0.15, -0.1) is 0 Å². The van der Waals surface area contributed by atoms with E-state index < -0.39 is 0 Å². The van der Waals surface area contributed by atoms with Gasteiger partial charge in [-0.1, -0.05) is 18.2 Å². The maximum atomic E-state index is 5.48. The predicted octanol–water partition coefficient (Wildman–Crippen LogP) is 4.10. The lowest BCUT2D eigenvalue weighted by Gasteiger charge is -2.23. The number of hydrazone groups is 1. The van der Waals surface area contributed by atoms with Crippen LogP contribution in [-0.4, -0.2) is 33.7 Å². The first-order valence-electron chi connectivity index (χ1n) is 9.57. The molecular weight excluding hydrogens is 364 g/mol. The lowest BCUT2D eigenvalue weighted by molar-refractivity contribution is 0.306. The lowest BCUT2D eigenvalue weighted by Crippen LogP contribution is -2.25. The van der Waals surface area contributed by atoms with E-state index in [0.29, 0.717) is 12.6 Å². The summed E-state index contributed by atoms with van der Waals surface area (Å²) in [7, 11) is 3.63. The van der Waals surface area contributed by atoms with Crippen LogP contribution in [0.15, 0.2) is 59.2 Å². The number of hydrogen-bond acceptors (Lipinski definition) is 6. The van der Waals surface area contributed by atoms with Crippen LogP contribution in [0.25, 0.3) is 6.08 Å². The van der Waals surface area contributed by atoms with E-state index >= 15 is 0 Å². The molecule has 0 saturated carbocycles. The van der Waals surface area contributed by atoms with Gasteiger partial charge < -0.3 is 16.2 Å². The standard InChI is InChI=1S/C22H29N5O.H3N/c1-16(2)27-21(12-17(3)25-27)20(23-13-18-14-24-26(4)15-18)11-10-19-8-6-7-9-22(19)28-5;/h6-11,14-16,23H,12-13H2,1-5H3;1H3/b11-10+,21-20-;. The van der Waals surface area contributed by atoms with Crippen molar-refractivity contribution in [2.45, 2.75) is 39.8 Å². The highest BCUT2D eigenvalue weighted by atomic mass is 16.5. The van der Waals surface area contributed by atoms with E-state index in [1.807, 2.05) is 42.3 Å². The maximum absolute atomic E-state index is 5.48. The van der Waals surface area contributed by atoms with Crippen molar-refractivity contribution in [1.82, 2.24) is 26.3 Å². The summed E-state index contributed by atoms with van der Waals surface area (Å²) in [6, 6.07) is 8.31. The molecule has 2 heterocycles. The van der Waals surface area contributed by atoms with E-state index in [4.69, 9.17) is 9.84 Å². The van der Waals surface area contributed by atoms with Gasteiger partial charge in [0, 0.05) is 49.1 Å². The van der Waals surface area contributed by atoms with Crippen LogP contribution in [0.5, 0.6) is 5.75 Å². The molecule has 1 aliphatic heterocycles. The smallest absolute Gasteiger partial charge is 0.126 e. The van der Waals surface area contributed by atoms with E-state index in [2.05, 4.69) is 54.4 Å². The fraction of sp³-hybridized carbons (Fsp3) is 0.364. The molecule has 1 aliphatic rings. The molecule has 0 atom stereocenters. The second-order valence-electron chi connectivity index (χ2n) is 7.26. The van der Waals surface area contributed by atoms with Gasteiger partial charge in [0.2, 0.25) is 0 Å². The summed E-state index contributed by atoms with van der Waals surface area (Å²) in [4.78, 5) is 0. The molecule has 0 spiro atoms. The van der Waals surface area contributed by atoms with Gasteiger partial charge in [0.25, 0.3) is 0 Å². The first kappa shape index (κ1) is 22.2. The minimum atomic E-state index is 0. The summed E-state index contributed by atoms with van der Waals surface area (Å²) in [5.41, 5.74) is 5.54. The number of hydrogen-bond donors (Lipinski definition) is 2. The monoisotopic (exact) mass is 396 g/mol. The topological polar surface area (TPSA) is 89.7 Å². The van der Waals surface area contributed by atoms with Crippen LogP contribution >= 0.6 is 0 Å². The molecule has 7 heteroatoms. The number of nitrogens with one attached hydrogen (secondary N) is 1. The van der Waals surface area contributed by atoms with Crippen LogP contribution in [0.1, 0.15) is 38.3 Å². The molecular formula is C22H32N6O. The number of ether oxygens (including phenoxy) is 1. The van der Waals surface area contributed by atoms with Gasteiger partial charge in [-0.2, -0.15) is 10.2 Å². The van der Waals surface area contributed by atoms with Crippen molar-refractivity contribution in [3.05, 3.63) is 65.3 Å². The summed E-state index contributed by atoms with van der Waals surface area (Å²) >= 11 is 0. The molecule has 0 saturated heterocycles. The molecule has 1 aromatic heterocycles. The summed E-state index contributed by atoms with van der Waals surface area (Å²) < 4.78 is 7.30. The van der Waals surface area contributed by atoms with Gasteiger partial charge in [0.15, 0.2) is 0 Å². The van der Waals surface area contributed by atoms with Crippen molar-refractivity contribution in [2.75, 3.05) is 7.11 Å². The quantitative estimate of drug-likeness (QED) is 0.735. The molecule has 2 aromatic rings. The highest BCUT2D eigenvalue weighted by molar-refractivity contribution is 5.86. The molecule has 0 radical (unpaired) electrons. The molecule has 4 N–H and O–H groups in total. The molecule has 3 rings (SSSR count). The Bertz CT molecular complexity index is 910. The molecule has 0 aliphatic carbocycles. The third-order valence-electron chi connectivity index (χ3n) is 4.59. The number of benzene rings is 1. The van der Waals surface area contributed by atoms with E-state index in [-0.39, 0.29) is 6.15 Å². The molecule has 0 fully saturated rings. The lowest BCUT2D eigenvalue weighted by atomic mass is 10.1. The number of allylic oxidation sites excluding steroid dienone is 2. The second-order valence-corrected chi connectivity index (χ2v) is 7.26. The largest absolute Gasteiger partial charge is 0.496 e. The molecule has 156 valence electrons. The van der Waals surface area contributed by atoms with Gasteiger partial charge >= 0.3 is 0 Å². The van der Waals surface area contributed by atoms with Crippen molar-refractivity contribution >= 4 is 11.8 Å². The van der Waals surface area contributed by atoms with Gasteiger partial charge in [-0.05, 0) is 39.0 Å². The zero-order valence-electron chi connectivity index (χ0n) is 18.0. The summed E-state index contributed by atoms with van der Waals surface area (Å²) in [5, 5.41) is 14.7. The van der Waals surface area contributed by atoms with Crippen molar-refractivity contribution < 1.29 is 4.74 Å². The van der Waals surface area contributed by atoms with Crippen molar-refractivity contribution in [1.29, 1.82) is 0 Å². The summed E-state index contributed by atoms with van der Waals surface area (Å²) in [6.45, 7) is 7.09. The molecule has 1 aromatic carbocycles. The molecule has 7 nitrogen and oxygen atoms in total. The van der Waals surface area contributed by atoms with E-state index in [1.165, 1.54) is 5.70 Å². The number of aryl methyl sites for hydroxylation is 1. The molecule has 0 amide bonds. The van der Waals surface area contributed by atoms with Gasteiger partial charge in [-0.3, -0.25) is 9.69 Å². The SMILES string of the molecule is COc1ccccc1/C=C/C(NCc1cnn(C)c1)=C1\CC(C)=NN1C(C)C.N. The van der Waals surface area contributed by atoms with E-state index in [1.54, 1.807) is 7.11 Å². The highest BCUT2D eigenvalue weighted by Gasteiger charge is 2.23. The second kappa shape index (κ2) is 9.93. The third kappa shape index (κ3) is 5.48. The van der Waals surface area contributed by atoms with E-state index in [9.17, 15) is 0 Å². The number of nitrogens with zero attached hydrogens (tertiary/aromatic N) is 4. The molecule has 29 heavy (non-hydrogen) atoms.